The van der Waals surface area contributed by atoms with Gasteiger partial charge in [0.2, 0.25) is 11.7 Å². The Labute approximate surface area is 630 Å². The highest BCUT2D eigenvalue weighted by atomic mass is 19.1. The van der Waals surface area contributed by atoms with Gasteiger partial charge in [0.1, 0.15) is 23.1 Å². The van der Waals surface area contributed by atoms with Gasteiger partial charge >= 0.3 is 11.7 Å². The molecule has 4 aromatic rings. The predicted molar refractivity (Wildman–Crippen MR) is 420 cm³/mol. The normalized spacial score (nSPS) is 18.7. The number of nitro benzene ring substituents is 2. The van der Waals surface area contributed by atoms with Crippen molar-refractivity contribution < 1.29 is 42.5 Å². The lowest BCUT2D eigenvalue weighted by Gasteiger charge is -2.42. The lowest BCUT2D eigenvalue weighted by molar-refractivity contribution is -0.387. The third-order valence-electron chi connectivity index (χ3n) is 21.5. The van der Waals surface area contributed by atoms with E-state index >= 15 is 0 Å². The number of amides is 1. The monoisotopic (exact) mass is 1480 g/mol. The van der Waals surface area contributed by atoms with Gasteiger partial charge in [0, 0.05) is 112 Å². The number of anilines is 3. The van der Waals surface area contributed by atoms with Crippen molar-refractivity contribution in [3.63, 3.8) is 0 Å². The summed E-state index contributed by atoms with van der Waals surface area (Å²) in [6.07, 6.45) is 14.8. The molecule has 106 heavy (non-hydrogen) atoms. The van der Waals surface area contributed by atoms with E-state index in [0.717, 1.165) is 171 Å². The van der Waals surface area contributed by atoms with E-state index in [1.165, 1.54) is 50.7 Å². The molecule has 21 nitrogen and oxygen atoms in total. The van der Waals surface area contributed by atoms with E-state index in [1.807, 2.05) is 31.3 Å². The van der Waals surface area contributed by atoms with Crippen molar-refractivity contribution in [1.29, 1.82) is 0 Å². The molecule has 4 aliphatic heterocycles. The second-order valence-electron chi connectivity index (χ2n) is 31.8. The molecule has 7 fully saturated rings. The molecule has 4 aromatic carbocycles. The van der Waals surface area contributed by atoms with Crippen LogP contribution >= 0.6 is 0 Å². The van der Waals surface area contributed by atoms with Crippen molar-refractivity contribution in [2.75, 3.05) is 122 Å². The number of nitrogens with zero attached hydrogens (tertiary/aromatic N) is 10. The number of hydrogen-bond acceptors (Lipinski definition) is 15. The Hall–Kier alpha value is -7.58. The van der Waals surface area contributed by atoms with E-state index in [1.54, 1.807) is 12.1 Å². The lowest BCUT2D eigenvalue weighted by Crippen LogP contribution is -2.46. The summed E-state index contributed by atoms with van der Waals surface area (Å²) < 4.78 is 40.7. The smallest absolute Gasteiger partial charge is 0.314 e. The zero-order valence-electron chi connectivity index (χ0n) is 64.7. The number of halogens is 3. The molecule has 4 heterocycles. The van der Waals surface area contributed by atoms with Crippen LogP contribution in [0.4, 0.5) is 41.6 Å². The summed E-state index contributed by atoms with van der Waals surface area (Å²) in [7, 11) is 8.50. The maximum atomic E-state index is 14.2. The number of likely N-dealkylation sites (tertiary alicyclic amines) is 4. The summed E-state index contributed by atoms with van der Waals surface area (Å²) in [4.78, 5) is 78.5. The van der Waals surface area contributed by atoms with Gasteiger partial charge in [0.05, 0.1) is 33.1 Å². The van der Waals surface area contributed by atoms with Gasteiger partial charge in [-0.15, -0.1) is 0 Å². The number of rotatable bonds is 21. The van der Waals surface area contributed by atoms with Crippen LogP contribution in [0.3, 0.4) is 0 Å². The van der Waals surface area contributed by atoms with Crippen molar-refractivity contribution in [1.82, 2.24) is 24.9 Å². The quantitative estimate of drug-likeness (QED) is 0.0345. The van der Waals surface area contributed by atoms with Crippen LogP contribution < -0.4 is 26.2 Å². The van der Waals surface area contributed by atoms with Gasteiger partial charge in [-0.1, -0.05) is 81.4 Å². The Bertz CT molecular complexity index is 3550. The van der Waals surface area contributed by atoms with E-state index in [-0.39, 0.29) is 36.1 Å². The Morgan fingerprint density at radius 2 is 1.03 bits per heavy atom. The van der Waals surface area contributed by atoms with Crippen LogP contribution in [0.2, 0.25) is 0 Å². The van der Waals surface area contributed by atoms with Gasteiger partial charge in [-0.2, -0.15) is 4.39 Å². The highest BCUT2D eigenvalue weighted by Crippen LogP contribution is 2.49. The second kappa shape index (κ2) is 42.2. The Morgan fingerprint density at radius 1 is 0.594 bits per heavy atom. The highest BCUT2D eigenvalue weighted by Gasteiger charge is 2.49. The predicted octanol–water partition coefficient (Wildman–Crippen LogP) is 15.5. The molecule has 7 aliphatic rings. The summed E-state index contributed by atoms with van der Waals surface area (Å²) >= 11 is 0. The molecule has 3 aliphatic carbocycles. The number of nitrogens with two attached hydrogens (primary N) is 1. The van der Waals surface area contributed by atoms with E-state index in [4.69, 9.17) is 18.9 Å². The molecule has 24 heteroatoms. The minimum Gasteiger partial charge on any atom is -0.481 e. The molecule has 4 saturated heterocycles. The Kier molecular flexibility index (Phi) is 35.5. The molecule has 0 spiro atoms. The molecule has 0 bridgehead atoms. The number of nitrogens with one attached hydrogen (secondary N) is 2. The topological polar surface area (TPSA) is 236 Å². The molecule has 3 saturated carbocycles. The number of carboxylic acids is 1. The molecule has 0 aromatic heterocycles. The number of aliphatic carboxylic acids is 1. The fourth-order valence-electron chi connectivity index (χ4n) is 14.2. The van der Waals surface area contributed by atoms with Gasteiger partial charge < -0.3 is 60.6 Å². The second-order valence-corrected chi connectivity index (χ2v) is 31.8. The molecule has 0 unspecified atom stereocenters. The van der Waals surface area contributed by atoms with E-state index in [2.05, 4.69) is 126 Å². The average molecular weight is 1480 g/mol. The fourth-order valence-corrected chi connectivity index (χ4v) is 14.2. The van der Waals surface area contributed by atoms with Crippen molar-refractivity contribution in [3.05, 3.63) is 156 Å². The molecule has 11 rings (SSSR count). The summed E-state index contributed by atoms with van der Waals surface area (Å²) in [6, 6.07) is 19.5. The maximum absolute atomic E-state index is 14.2. The van der Waals surface area contributed by atoms with Gasteiger partial charge in [0.15, 0.2) is 0 Å². The molecule has 586 valence electrons. The van der Waals surface area contributed by atoms with Gasteiger partial charge in [-0.05, 0) is 222 Å². The van der Waals surface area contributed by atoms with Gasteiger partial charge in [-0.3, -0.25) is 34.6 Å². The molecular formula is C82H124F3N13O8. The first-order valence-corrected chi connectivity index (χ1v) is 38.1. The van der Waals surface area contributed by atoms with E-state index in [0.29, 0.717) is 77.8 Å². The van der Waals surface area contributed by atoms with Gasteiger partial charge in [0.25, 0.3) is 16.8 Å². The number of Topliss-reactive ketones (excluding diaryl/α,β-unsaturated/α-hetero) is 1. The zero-order valence-corrected chi connectivity index (χ0v) is 64.7. The summed E-state index contributed by atoms with van der Waals surface area (Å²) in [5, 5.41) is 39.1. The standard InChI is InChI=1S/C29H37F2N3O3.C21H30N4O2.C11H9FN2O2.C10H22N2.C6H11NO.C4H11N.CH4/c1-19(2)18-34(23-9-13-33(3)14-10-23)26-8-6-21(29(28(36)37)11-4-12-29)16-25(26)32-27(35)15-20-5-7-22(30)17-24(20)31;1-16(2)15-24(18-8-12-23(4)13-9-18)19-7-6-17(14-20(19)25(26)27)21(22-3)10-5-11-21;1-13-11(5-2-6-11)8-3-4-9(12)10(7-8)14(15)16;1-9(2)8-11-10-4-6-12(3)7-5-10;1-7-4-2-6(8)3-5-7;1-4(2)3-5;/h5-8,16-17,19,23H,4,9-15,18H2,1-3H3,(H,32,35)(H,36,37);6-7,14,16,18H,5,8-13,15H2,1-2,4H3;3-4,7H,2,5-6H2;9-11H,4-8H2,1-3H3;2-5H2,1H3;4H,3,5H2,1-2H3;1H4. The Morgan fingerprint density at radius 3 is 1.42 bits per heavy atom. The third-order valence-corrected chi connectivity index (χ3v) is 21.5. The van der Waals surface area contributed by atoms with Crippen LogP contribution in [0.1, 0.15) is 194 Å². The van der Waals surface area contributed by atoms with Crippen molar-refractivity contribution in [2.45, 2.75) is 213 Å². The fraction of sp³-hybridized carbons (Fsp3) is 0.646. The molecule has 0 atom stereocenters. The maximum Gasteiger partial charge on any atom is 0.314 e. The number of carbonyl (C=O) groups excluding carboxylic acids is 2. The average Bonchev–Trinajstić information content (AvgIpc) is 0.738. The number of benzene rings is 4. The van der Waals surface area contributed by atoms with Crippen molar-refractivity contribution in [3.8, 4) is 0 Å². The number of ketones is 1. The summed E-state index contributed by atoms with van der Waals surface area (Å²) in [5.41, 5.74) is 6.88. The molecule has 5 N–H and O–H groups in total. The number of carbonyl (C=O) groups is 3. The first-order chi connectivity index (χ1) is 49.8. The molecule has 0 radical (unpaired) electrons. The largest absolute Gasteiger partial charge is 0.481 e. The van der Waals surface area contributed by atoms with Crippen LogP contribution in [0, 0.1) is 74.5 Å². The minimum atomic E-state index is -0.947. The van der Waals surface area contributed by atoms with E-state index < -0.39 is 56.4 Å². The highest BCUT2D eigenvalue weighted by molar-refractivity contribution is 5.96. The summed E-state index contributed by atoms with van der Waals surface area (Å²) in [6.45, 7) is 44.1. The number of carboxylic acid groups (broad SMARTS) is 1. The number of hydrogen-bond donors (Lipinski definition) is 4. The van der Waals surface area contributed by atoms with Crippen LogP contribution in [0.25, 0.3) is 9.69 Å². The molecule has 1 amide bonds. The van der Waals surface area contributed by atoms with Crippen LogP contribution in [-0.2, 0) is 37.3 Å². The van der Waals surface area contributed by atoms with Crippen LogP contribution in [0.15, 0.2) is 72.8 Å². The molecular weight excluding hydrogens is 1350 g/mol. The van der Waals surface area contributed by atoms with Crippen LogP contribution in [-0.4, -0.2) is 177 Å². The zero-order chi connectivity index (χ0) is 77.3. The number of piperidine rings is 4. The summed E-state index contributed by atoms with van der Waals surface area (Å²) in [5.74, 6) is -0.953. The SMILES string of the molecule is C.CC(C)CN.CC(C)CN(c1ccc(C2(C(=O)O)CCC2)cc1NC(=O)Cc1ccc(F)cc1F)C1CCN(C)CC1.CC(C)CNC1CCN(C)CC1.CN1CCC(=O)CC1.[C-]#[N+]C1(c2ccc(F)c([N+](=O)[O-])c2)CCC1.[C-]#[N+]C1(c2ccc(N(CC(C)C)C3CCN(C)CC3)c([N+](=O)[O-])c2)CCC1. The number of nitro groups is 2. The minimum absolute atomic E-state index is 0. The first kappa shape index (κ1) is 89.0. The van der Waals surface area contributed by atoms with Crippen LogP contribution in [0.5, 0.6) is 0 Å². The lowest BCUT2D eigenvalue weighted by atomic mass is 9.64. The Balaban J connectivity index is 0.000000254. The third kappa shape index (κ3) is 25.5. The van der Waals surface area contributed by atoms with Crippen molar-refractivity contribution >= 4 is 46.1 Å². The van der Waals surface area contributed by atoms with Crippen molar-refractivity contribution in [2.24, 2.45) is 29.4 Å². The first-order valence-electron chi connectivity index (χ1n) is 38.1. The van der Waals surface area contributed by atoms with E-state index in [9.17, 15) is 52.9 Å². The van der Waals surface area contributed by atoms with Gasteiger partial charge in [-0.25, -0.2) is 21.9 Å².